The molecule has 0 aliphatic heterocycles. The zero-order chi connectivity index (χ0) is 15.5. The van der Waals surface area contributed by atoms with Crippen molar-refractivity contribution in [2.75, 3.05) is 12.3 Å². The highest BCUT2D eigenvalue weighted by Crippen LogP contribution is 2.34. The monoisotopic (exact) mass is 300 g/mol. The van der Waals surface area contributed by atoms with Crippen LogP contribution in [0.15, 0.2) is 29.0 Å². The van der Waals surface area contributed by atoms with Gasteiger partial charge < -0.3 is 15.6 Å². The van der Waals surface area contributed by atoms with E-state index in [-0.39, 0.29) is 18.5 Å². The summed E-state index contributed by atoms with van der Waals surface area (Å²) in [4.78, 5) is 15.6. The number of nitrogens with zero attached hydrogens (tertiary/aromatic N) is 2. The van der Waals surface area contributed by atoms with Crippen LogP contribution in [0.3, 0.4) is 0 Å². The van der Waals surface area contributed by atoms with Gasteiger partial charge in [-0.2, -0.15) is 18.2 Å². The molecular formula is C12H11F3N4O2. The summed E-state index contributed by atoms with van der Waals surface area (Å²) in [7, 11) is 0. The number of benzene rings is 1. The van der Waals surface area contributed by atoms with Gasteiger partial charge in [0.05, 0.1) is 16.8 Å². The number of halogens is 3. The molecule has 0 bridgehead atoms. The van der Waals surface area contributed by atoms with Crippen LogP contribution < -0.4 is 11.1 Å². The van der Waals surface area contributed by atoms with Crippen molar-refractivity contribution in [3.63, 3.8) is 0 Å². The summed E-state index contributed by atoms with van der Waals surface area (Å²) in [5.74, 6) is -0.384. The van der Waals surface area contributed by atoms with E-state index in [0.717, 1.165) is 12.1 Å². The number of nitrogens with one attached hydrogen (secondary N) is 1. The predicted molar refractivity (Wildman–Crippen MR) is 66.2 cm³/mol. The lowest BCUT2D eigenvalue weighted by Gasteiger charge is -2.13. The molecule has 0 saturated heterocycles. The number of carbonyl (C=O) groups is 1. The molecule has 21 heavy (non-hydrogen) atoms. The van der Waals surface area contributed by atoms with Gasteiger partial charge in [0.2, 0.25) is 5.89 Å². The number of hydrogen-bond acceptors (Lipinski definition) is 5. The summed E-state index contributed by atoms with van der Waals surface area (Å²) < 4.78 is 42.8. The molecular weight excluding hydrogens is 289 g/mol. The second kappa shape index (κ2) is 5.81. The van der Waals surface area contributed by atoms with Crippen molar-refractivity contribution < 1.29 is 22.5 Å². The number of amides is 1. The molecule has 2 rings (SSSR count). The lowest BCUT2D eigenvalue weighted by molar-refractivity contribution is -0.136. The molecule has 0 atom stereocenters. The maximum absolute atomic E-state index is 12.7. The van der Waals surface area contributed by atoms with Gasteiger partial charge in [0.25, 0.3) is 5.91 Å². The van der Waals surface area contributed by atoms with Gasteiger partial charge in [0, 0.05) is 13.0 Å². The highest BCUT2D eigenvalue weighted by Gasteiger charge is 2.34. The Hall–Kier alpha value is -2.58. The normalized spacial score (nSPS) is 11.4. The zero-order valence-corrected chi connectivity index (χ0v) is 10.6. The van der Waals surface area contributed by atoms with Gasteiger partial charge >= 0.3 is 6.18 Å². The predicted octanol–water partition coefficient (Wildman–Crippen LogP) is 1.64. The first-order valence-corrected chi connectivity index (χ1v) is 5.89. The van der Waals surface area contributed by atoms with Crippen LogP contribution in [0.5, 0.6) is 0 Å². The molecule has 0 aliphatic carbocycles. The number of alkyl halides is 3. The number of aromatic nitrogens is 2. The minimum absolute atomic E-state index is 0.136. The molecule has 1 heterocycles. The van der Waals surface area contributed by atoms with Crippen LogP contribution in [-0.2, 0) is 12.6 Å². The highest BCUT2D eigenvalue weighted by atomic mass is 19.4. The smallest absolute Gasteiger partial charge is 0.398 e. The number of nitrogen functional groups attached to an aromatic ring is 1. The Morgan fingerprint density at radius 1 is 1.38 bits per heavy atom. The lowest BCUT2D eigenvalue weighted by atomic mass is 10.1. The summed E-state index contributed by atoms with van der Waals surface area (Å²) in [6.07, 6.45) is -3.13. The summed E-state index contributed by atoms with van der Waals surface area (Å²) in [6, 6.07) is 3.18. The topological polar surface area (TPSA) is 94.0 Å². The Bertz CT molecular complexity index is 626. The standard InChI is InChI=1S/C12H11F3N4O2/c13-12(14,15)8-3-1-2-7(10(8)16)11(20)17-5-4-9-18-6-19-21-9/h1-3,6H,4-5,16H2,(H,17,20). The second-order valence-corrected chi connectivity index (χ2v) is 4.11. The Morgan fingerprint density at radius 2 is 2.14 bits per heavy atom. The summed E-state index contributed by atoms with van der Waals surface area (Å²) in [5, 5.41) is 5.83. The van der Waals surface area contributed by atoms with Crippen LogP contribution in [0.4, 0.5) is 18.9 Å². The Kier molecular flexibility index (Phi) is 4.10. The number of rotatable bonds is 4. The molecule has 0 aliphatic rings. The largest absolute Gasteiger partial charge is 0.418 e. The van der Waals surface area contributed by atoms with E-state index in [2.05, 4.69) is 15.5 Å². The van der Waals surface area contributed by atoms with Crippen molar-refractivity contribution in [1.29, 1.82) is 0 Å². The summed E-state index contributed by atoms with van der Waals surface area (Å²) in [6.45, 7) is 0.136. The van der Waals surface area contributed by atoms with Gasteiger partial charge in [-0.25, -0.2) is 0 Å². The quantitative estimate of drug-likeness (QED) is 0.837. The van der Waals surface area contributed by atoms with E-state index in [4.69, 9.17) is 10.3 Å². The molecule has 112 valence electrons. The maximum atomic E-state index is 12.7. The van der Waals surface area contributed by atoms with Gasteiger partial charge in [-0.3, -0.25) is 4.79 Å². The van der Waals surface area contributed by atoms with E-state index in [1.165, 1.54) is 12.4 Å². The van der Waals surface area contributed by atoms with Gasteiger partial charge in [-0.05, 0) is 12.1 Å². The maximum Gasteiger partial charge on any atom is 0.418 e. The molecule has 0 spiro atoms. The fraction of sp³-hybridized carbons (Fsp3) is 0.250. The molecule has 6 nitrogen and oxygen atoms in total. The third kappa shape index (κ3) is 3.50. The first-order valence-electron chi connectivity index (χ1n) is 5.89. The molecule has 1 amide bonds. The number of carbonyl (C=O) groups excluding carboxylic acids is 1. The van der Waals surface area contributed by atoms with Gasteiger partial charge in [0.1, 0.15) is 0 Å². The average molecular weight is 300 g/mol. The Labute approximate surface area is 117 Å². The van der Waals surface area contributed by atoms with Gasteiger partial charge in [0.15, 0.2) is 6.33 Å². The van der Waals surface area contributed by atoms with E-state index in [1.807, 2.05) is 0 Å². The van der Waals surface area contributed by atoms with Crippen LogP contribution in [0.25, 0.3) is 0 Å². The number of nitrogens with two attached hydrogens (primary N) is 1. The Balaban J connectivity index is 2.05. The van der Waals surface area contributed by atoms with E-state index in [0.29, 0.717) is 5.89 Å². The minimum Gasteiger partial charge on any atom is -0.398 e. The summed E-state index contributed by atoms with van der Waals surface area (Å²) in [5.41, 5.74) is 3.56. The SMILES string of the molecule is Nc1c(C(=O)NCCc2ncno2)cccc1C(F)(F)F. The lowest BCUT2D eigenvalue weighted by Crippen LogP contribution is -2.27. The minimum atomic E-state index is -4.61. The molecule has 9 heteroatoms. The molecule has 0 fully saturated rings. The highest BCUT2D eigenvalue weighted by molar-refractivity contribution is 5.99. The third-order valence-electron chi connectivity index (χ3n) is 2.69. The third-order valence-corrected chi connectivity index (χ3v) is 2.69. The number of para-hydroxylation sites is 1. The molecule has 2 aromatic rings. The number of anilines is 1. The fourth-order valence-corrected chi connectivity index (χ4v) is 1.69. The van der Waals surface area contributed by atoms with Crippen LogP contribution in [0.1, 0.15) is 21.8 Å². The van der Waals surface area contributed by atoms with E-state index in [9.17, 15) is 18.0 Å². The van der Waals surface area contributed by atoms with Gasteiger partial charge in [-0.15, -0.1) is 0 Å². The van der Waals surface area contributed by atoms with E-state index < -0.39 is 23.3 Å². The number of hydrogen-bond donors (Lipinski definition) is 2. The zero-order valence-electron chi connectivity index (χ0n) is 10.6. The first kappa shape index (κ1) is 14.8. The van der Waals surface area contributed by atoms with E-state index >= 15 is 0 Å². The molecule has 0 saturated carbocycles. The second-order valence-electron chi connectivity index (χ2n) is 4.11. The summed E-state index contributed by atoms with van der Waals surface area (Å²) >= 11 is 0. The van der Waals surface area contributed by atoms with Crippen LogP contribution in [-0.4, -0.2) is 22.6 Å². The molecule has 1 aromatic heterocycles. The molecule has 1 aromatic carbocycles. The molecule has 3 N–H and O–H groups in total. The Morgan fingerprint density at radius 3 is 2.76 bits per heavy atom. The molecule has 0 radical (unpaired) electrons. The fourth-order valence-electron chi connectivity index (χ4n) is 1.69. The average Bonchev–Trinajstić information content (AvgIpc) is 2.90. The van der Waals surface area contributed by atoms with Crippen LogP contribution >= 0.6 is 0 Å². The first-order chi connectivity index (χ1) is 9.89. The van der Waals surface area contributed by atoms with Crippen LogP contribution in [0.2, 0.25) is 0 Å². The van der Waals surface area contributed by atoms with Crippen molar-refractivity contribution in [2.45, 2.75) is 12.6 Å². The van der Waals surface area contributed by atoms with E-state index in [1.54, 1.807) is 0 Å². The van der Waals surface area contributed by atoms with Crippen molar-refractivity contribution >= 4 is 11.6 Å². The van der Waals surface area contributed by atoms with Gasteiger partial charge in [-0.1, -0.05) is 11.2 Å². The van der Waals surface area contributed by atoms with Crippen molar-refractivity contribution in [2.24, 2.45) is 0 Å². The van der Waals surface area contributed by atoms with Crippen molar-refractivity contribution in [1.82, 2.24) is 15.5 Å². The van der Waals surface area contributed by atoms with Crippen molar-refractivity contribution in [3.8, 4) is 0 Å². The van der Waals surface area contributed by atoms with Crippen molar-refractivity contribution in [3.05, 3.63) is 41.5 Å². The molecule has 0 unspecified atom stereocenters. The van der Waals surface area contributed by atoms with Crippen LogP contribution in [0, 0.1) is 0 Å².